The Labute approximate surface area is 122 Å². The van der Waals surface area contributed by atoms with E-state index in [0.29, 0.717) is 10.0 Å². The number of halogens is 1. The fourth-order valence-electron chi connectivity index (χ4n) is 1.74. The molecule has 0 spiro atoms. The first-order valence-electron chi connectivity index (χ1n) is 5.68. The van der Waals surface area contributed by atoms with Gasteiger partial charge in [0.2, 0.25) is 0 Å². The Morgan fingerprint density at radius 2 is 2.00 bits per heavy atom. The number of aromatic nitrogens is 2. The van der Waals surface area contributed by atoms with E-state index in [9.17, 15) is 14.4 Å². The summed E-state index contributed by atoms with van der Waals surface area (Å²) in [6.07, 6.45) is 1.41. The maximum Gasteiger partial charge on any atom is 0.335 e. The fraction of sp³-hybridized carbons (Fsp3) is 0.154. The lowest BCUT2D eigenvalue weighted by atomic mass is 10.1. The monoisotopic (exact) mass is 338 g/mol. The number of hydrogen-bond donors (Lipinski definition) is 1. The van der Waals surface area contributed by atoms with E-state index in [1.54, 1.807) is 13.1 Å². The molecule has 1 aromatic carbocycles. The Balaban J connectivity index is 2.46. The van der Waals surface area contributed by atoms with Gasteiger partial charge in [-0.2, -0.15) is 0 Å². The van der Waals surface area contributed by atoms with Crippen LogP contribution in [0.3, 0.4) is 0 Å². The number of carboxylic acid groups (broad SMARTS) is 1. The summed E-state index contributed by atoms with van der Waals surface area (Å²) in [5, 5.41) is 8.89. The highest BCUT2D eigenvalue weighted by Crippen LogP contribution is 2.19. The lowest BCUT2D eigenvalue weighted by Crippen LogP contribution is -2.38. The fourth-order valence-corrected chi connectivity index (χ4v) is 2.24. The lowest BCUT2D eigenvalue weighted by molar-refractivity contribution is 0.0697. The summed E-state index contributed by atoms with van der Waals surface area (Å²) < 4.78 is 2.93. The van der Waals surface area contributed by atoms with Gasteiger partial charge in [-0.05, 0) is 17.7 Å². The van der Waals surface area contributed by atoms with Crippen molar-refractivity contribution in [3.8, 4) is 0 Å². The molecule has 6 nitrogen and oxygen atoms in total. The van der Waals surface area contributed by atoms with Crippen LogP contribution < -0.4 is 11.2 Å². The molecule has 0 saturated heterocycles. The zero-order chi connectivity index (χ0) is 14.9. The van der Waals surface area contributed by atoms with Crippen LogP contribution in [0.5, 0.6) is 0 Å². The largest absolute Gasteiger partial charge is 0.478 e. The molecule has 2 aromatic rings. The minimum Gasteiger partial charge on any atom is -0.478 e. The summed E-state index contributed by atoms with van der Waals surface area (Å²) in [5.41, 5.74) is -0.0386. The number of nitrogens with zero attached hydrogens (tertiary/aromatic N) is 2. The number of hydrogen-bond acceptors (Lipinski definition) is 3. The highest BCUT2D eigenvalue weighted by molar-refractivity contribution is 9.10. The number of carbonyl (C=O) groups is 1. The zero-order valence-electron chi connectivity index (χ0n) is 10.5. The molecule has 0 bridgehead atoms. The van der Waals surface area contributed by atoms with Gasteiger partial charge in [0.25, 0.3) is 5.56 Å². The normalized spacial score (nSPS) is 10.5. The van der Waals surface area contributed by atoms with E-state index in [-0.39, 0.29) is 12.1 Å². The van der Waals surface area contributed by atoms with Crippen molar-refractivity contribution >= 4 is 21.9 Å². The molecule has 2 rings (SSSR count). The summed E-state index contributed by atoms with van der Waals surface area (Å²) in [5.74, 6) is -1.04. The summed E-state index contributed by atoms with van der Waals surface area (Å²) in [6.45, 7) is 0.0762. The summed E-state index contributed by atoms with van der Waals surface area (Å²) in [6, 6.07) is 5.75. The van der Waals surface area contributed by atoms with Crippen LogP contribution in [-0.4, -0.2) is 20.2 Å². The highest BCUT2D eigenvalue weighted by atomic mass is 79.9. The maximum atomic E-state index is 11.9. The quantitative estimate of drug-likeness (QED) is 0.907. The topological polar surface area (TPSA) is 81.3 Å². The zero-order valence-corrected chi connectivity index (χ0v) is 12.1. The second-order valence-corrected chi connectivity index (χ2v) is 5.10. The van der Waals surface area contributed by atoms with E-state index in [2.05, 4.69) is 15.9 Å². The smallest absolute Gasteiger partial charge is 0.335 e. The van der Waals surface area contributed by atoms with Gasteiger partial charge in [0.15, 0.2) is 0 Å². The van der Waals surface area contributed by atoms with E-state index in [4.69, 9.17) is 5.11 Å². The van der Waals surface area contributed by atoms with Crippen molar-refractivity contribution in [1.29, 1.82) is 0 Å². The number of aromatic carboxylic acids is 1. The van der Waals surface area contributed by atoms with Crippen molar-refractivity contribution in [2.45, 2.75) is 6.54 Å². The van der Waals surface area contributed by atoms with Crippen LogP contribution in [0.25, 0.3) is 0 Å². The Bertz CT molecular complexity index is 792. The van der Waals surface area contributed by atoms with Gasteiger partial charge < -0.3 is 9.67 Å². The highest BCUT2D eigenvalue weighted by Gasteiger charge is 2.09. The van der Waals surface area contributed by atoms with E-state index in [1.807, 2.05) is 0 Å². The predicted octanol–water partition coefficient (Wildman–Crippen LogP) is 1.06. The van der Waals surface area contributed by atoms with Crippen LogP contribution in [0.4, 0.5) is 0 Å². The van der Waals surface area contributed by atoms with Gasteiger partial charge in [0.05, 0.1) is 12.1 Å². The van der Waals surface area contributed by atoms with Crippen molar-refractivity contribution in [2.75, 3.05) is 0 Å². The third kappa shape index (κ3) is 2.72. The Hall–Kier alpha value is -2.15. The SMILES string of the molecule is Cn1ccc(=O)n(Cc2ccc(C(=O)O)cc2Br)c1=O. The molecule has 0 atom stereocenters. The molecule has 1 aromatic heterocycles. The molecule has 1 N–H and O–H groups in total. The number of rotatable bonds is 3. The van der Waals surface area contributed by atoms with Crippen LogP contribution in [0.2, 0.25) is 0 Å². The second kappa shape index (κ2) is 5.46. The van der Waals surface area contributed by atoms with Crippen LogP contribution in [-0.2, 0) is 13.6 Å². The van der Waals surface area contributed by atoms with Crippen LogP contribution >= 0.6 is 15.9 Å². The summed E-state index contributed by atoms with van der Waals surface area (Å²) in [4.78, 5) is 34.5. The molecule has 0 unspecified atom stereocenters. The van der Waals surface area contributed by atoms with Crippen molar-refractivity contribution < 1.29 is 9.90 Å². The average Bonchev–Trinajstić information content (AvgIpc) is 2.40. The predicted molar refractivity (Wildman–Crippen MR) is 76.1 cm³/mol. The minimum atomic E-state index is -1.04. The Morgan fingerprint density at radius 3 is 2.60 bits per heavy atom. The molecule has 0 fully saturated rings. The van der Waals surface area contributed by atoms with Gasteiger partial charge in [-0.1, -0.05) is 22.0 Å². The molecule has 0 amide bonds. The molecule has 0 saturated carbocycles. The first kappa shape index (κ1) is 14.3. The maximum absolute atomic E-state index is 11.9. The van der Waals surface area contributed by atoms with E-state index in [1.165, 1.54) is 29.0 Å². The van der Waals surface area contributed by atoms with Crippen molar-refractivity contribution in [3.05, 3.63) is 66.9 Å². The van der Waals surface area contributed by atoms with Crippen molar-refractivity contribution in [1.82, 2.24) is 9.13 Å². The standard InChI is InChI=1S/C13H11BrN2O4/c1-15-5-4-11(17)16(13(15)20)7-9-3-2-8(12(18)19)6-10(9)14/h2-6H,7H2,1H3,(H,18,19). The van der Waals surface area contributed by atoms with Gasteiger partial charge in [-0.15, -0.1) is 0 Å². The summed E-state index contributed by atoms with van der Waals surface area (Å²) >= 11 is 3.25. The molecule has 20 heavy (non-hydrogen) atoms. The summed E-state index contributed by atoms with van der Waals surface area (Å²) in [7, 11) is 1.56. The second-order valence-electron chi connectivity index (χ2n) is 4.24. The molecule has 0 aliphatic carbocycles. The average molecular weight is 339 g/mol. The molecule has 1 heterocycles. The van der Waals surface area contributed by atoms with Gasteiger partial charge in [-0.3, -0.25) is 9.36 Å². The first-order chi connectivity index (χ1) is 9.40. The third-order valence-electron chi connectivity index (χ3n) is 2.87. The van der Waals surface area contributed by atoms with Crippen LogP contribution in [0.15, 0.2) is 44.5 Å². The van der Waals surface area contributed by atoms with Gasteiger partial charge in [0, 0.05) is 23.8 Å². The molecular weight excluding hydrogens is 328 g/mol. The molecule has 0 radical (unpaired) electrons. The van der Waals surface area contributed by atoms with Crippen molar-refractivity contribution in [3.63, 3.8) is 0 Å². The van der Waals surface area contributed by atoms with E-state index in [0.717, 1.165) is 4.57 Å². The molecule has 7 heteroatoms. The molecule has 104 valence electrons. The van der Waals surface area contributed by atoms with Crippen LogP contribution in [0.1, 0.15) is 15.9 Å². The van der Waals surface area contributed by atoms with Gasteiger partial charge in [0.1, 0.15) is 0 Å². The lowest BCUT2D eigenvalue weighted by Gasteiger charge is -2.09. The van der Waals surface area contributed by atoms with Crippen LogP contribution in [0, 0.1) is 0 Å². The molecule has 0 aliphatic rings. The first-order valence-corrected chi connectivity index (χ1v) is 6.47. The Morgan fingerprint density at radius 1 is 1.30 bits per heavy atom. The van der Waals surface area contributed by atoms with E-state index >= 15 is 0 Å². The van der Waals surface area contributed by atoms with Gasteiger partial charge >= 0.3 is 11.7 Å². The number of benzene rings is 1. The Kier molecular flexibility index (Phi) is 3.89. The third-order valence-corrected chi connectivity index (χ3v) is 3.61. The van der Waals surface area contributed by atoms with E-state index < -0.39 is 17.2 Å². The minimum absolute atomic E-state index is 0.0762. The molecule has 0 aliphatic heterocycles. The van der Waals surface area contributed by atoms with Crippen molar-refractivity contribution in [2.24, 2.45) is 7.05 Å². The van der Waals surface area contributed by atoms with Gasteiger partial charge in [-0.25, -0.2) is 9.59 Å². The molecular formula is C13H11BrN2O4. The number of aryl methyl sites for hydroxylation is 1. The number of carboxylic acids is 1.